The molecule has 1 aromatic carbocycles. The summed E-state index contributed by atoms with van der Waals surface area (Å²) in [5.74, 6) is 0. The molecule has 0 unspecified atom stereocenters. The Kier molecular flexibility index (Phi) is 7.88. The Balaban J connectivity index is 1.89. The first-order chi connectivity index (χ1) is 11.6. The fourth-order valence-electron chi connectivity index (χ4n) is 2.70. The van der Waals surface area contributed by atoms with Crippen LogP contribution < -0.4 is 5.32 Å². The van der Waals surface area contributed by atoms with Gasteiger partial charge in [0.15, 0.2) is 0 Å². The molecule has 1 N–H and O–H groups in total. The molecule has 1 aromatic rings. The molecular weight excluding hydrogens is 322 g/mol. The summed E-state index contributed by atoms with van der Waals surface area (Å²) in [5.41, 5.74) is 1.12. The van der Waals surface area contributed by atoms with Crippen molar-refractivity contribution in [1.82, 2.24) is 15.1 Å². The SMILES string of the molecule is CSc1cccc(CNC(=O)N(CCN(C)C)C[C@H]2CCCO2)c1. The van der Waals surface area contributed by atoms with Gasteiger partial charge < -0.3 is 19.9 Å². The van der Waals surface area contributed by atoms with Crippen LogP contribution >= 0.6 is 11.8 Å². The maximum absolute atomic E-state index is 12.6. The summed E-state index contributed by atoms with van der Waals surface area (Å²) >= 11 is 1.71. The zero-order chi connectivity index (χ0) is 17.4. The molecule has 1 aliphatic heterocycles. The van der Waals surface area contributed by atoms with Gasteiger partial charge in [-0.2, -0.15) is 0 Å². The second-order valence-electron chi connectivity index (χ2n) is 6.39. The fourth-order valence-corrected chi connectivity index (χ4v) is 3.19. The number of carbonyl (C=O) groups is 1. The number of ether oxygens (including phenoxy) is 1. The van der Waals surface area contributed by atoms with Crippen LogP contribution in [-0.2, 0) is 11.3 Å². The first kappa shape index (κ1) is 19.1. The van der Waals surface area contributed by atoms with Gasteiger partial charge in [-0.05, 0) is 50.9 Å². The monoisotopic (exact) mass is 351 g/mol. The predicted octanol–water partition coefficient (Wildman–Crippen LogP) is 2.66. The van der Waals surface area contributed by atoms with Crippen molar-refractivity contribution < 1.29 is 9.53 Å². The highest BCUT2D eigenvalue weighted by Gasteiger charge is 2.22. The summed E-state index contributed by atoms with van der Waals surface area (Å²) in [6.07, 6.45) is 4.37. The van der Waals surface area contributed by atoms with E-state index in [2.05, 4.69) is 28.6 Å². The van der Waals surface area contributed by atoms with Gasteiger partial charge in [-0.1, -0.05) is 12.1 Å². The minimum atomic E-state index is -0.0121. The van der Waals surface area contributed by atoms with Crippen LogP contribution in [0.1, 0.15) is 18.4 Å². The molecule has 0 aromatic heterocycles. The van der Waals surface area contributed by atoms with Gasteiger partial charge in [0, 0.05) is 37.7 Å². The number of hydrogen-bond acceptors (Lipinski definition) is 4. The van der Waals surface area contributed by atoms with Crippen molar-refractivity contribution in [2.75, 3.05) is 46.6 Å². The van der Waals surface area contributed by atoms with Crippen LogP contribution in [0.4, 0.5) is 4.79 Å². The Morgan fingerprint density at radius 2 is 2.21 bits per heavy atom. The van der Waals surface area contributed by atoms with Crippen molar-refractivity contribution in [1.29, 1.82) is 0 Å². The van der Waals surface area contributed by atoms with Crippen molar-refractivity contribution in [2.24, 2.45) is 0 Å². The number of carbonyl (C=O) groups excluding carboxylic acids is 1. The van der Waals surface area contributed by atoms with Crippen LogP contribution in [0.3, 0.4) is 0 Å². The van der Waals surface area contributed by atoms with Crippen LogP contribution in [-0.4, -0.2) is 68.5 Å². The largest absolute Gasteiger partial charge is 0.376 e. The number of nitrogens with zero attached hydrogens (tertiary/aromatic N) is 2. The molecule has 1 heterocycles. The molecule has 0 saturated carbocycles. The van der Waals surface area contributed by atoms with Crippen LogP contribution in [0, 0.1) is 0 Å². The van der Waals surface area contributed by atoms with E-state index in [4.69, 9.17) is 4.74 Å². The number of urea groups is 1. The Bertz CT molecular complexity index is 519. The molecular formula is C18H29N3O2S. The molecule has 1 aliphatic rings. The van der Waals surface area contributed by atoms with Crippen LogP contribution in [0.5, 0.6) is 0 Å². The van der Waals surface area contributed by atoms with Gasteiger partial charge in [0.05, 0.1) is 6.10 Å². The second kappa shape index (κ2) is 9.91. The lowest BCUT2D eigenvalue weighted by molar-refractivity contribution is 0.0795. The van der Waals surface area contributed by atoms with E-state index in [1.165, 1.54) is 4.90 Å². The first-order valence-corrected chi connectivity index (χ1v) is 9.73. The predicted molar refractivity (Wildman–Crippen MR) is 99.6 cm³/mol. The van der Waals surface area contributed by atoms with Gasteiger partial charge in [0.1, 0.15) is 0 Å². The summed E-state index contributed by atoms with van der Waals surface area (Å²) in [6.45, 7) is 3.60. The summed E-state index contributed by atoms with van der Waals surface area (Å²) < 4.78 is 5.70. The lowest BCUT2D eigenvalue weighted by atomic mass is 10.2. The quantitative estimate of drug-likeness (QED) is 0.732. The molecule has 1 saturated heterocycles. The van der Waals surface area contributed by atoms with E-state index in [-0.39, 0.29) is 12.1 Å². The van der Waals surface area contributed by atoms with Crippen molar-refractivity contribution in [3.8, 4) is 0 Å². The van der Waals surface area contributed by atoms with Gasteiger partial charge in [-0.25, -0.2) is 4.79 Å². The minimum absolute atomic E-state index is 0.0121. The van der Waals surface area contributed by atoms with Crippen molar-refractivity contribution in [3.05, 3.63) is 29.8 Å². The third-order valence-electron chi connectivity index (χ3n) is 4.13. The van der Waals surface area contributed by atoms with Gasteiger partial charge in [-0.15, -0.1) is 11.8 Å². The van der Waals surface area contributed by atoms with Gasteiger partial charge in [0.25, 0.3) is 0 Å². The highest BCUT2D eigenvalue weighted by molar-refractivity contribution is 7.98. The second-order valence-corrected chi connectivity index (χ2v) is 7.27. The van der Waals surface area contributed by atoms with Crippen molar-refractivity contribution in [3.63, 3.8) is 0 Å². The molecule has 134 valence electrons. The fraction of sp³-hybridized carbons (Fsp3) is 0.611. The van der Waals surface area contributed by atoms with E-state index < -0.39 is 0 Å². The highest BCUT2D eigenvalue weighted by atomic mass is 32.2. The Labute approximate surface area is 149 Å². The number of likely N-dealkylation sites (N-methyl/N-ethyl adjacent to an activating group) is 1. The molecule has 0 radical (unpaired) electrons. The Morgan fingerprint density at radius 1 is 1.38 bits per heavy atom. The maximum atomic E-state index is 12.6. The number of rotatable bonds is 8. The topological polar surface area (TPSA) is 44.8 Å². The van der Waals surface area contributed by atoms with Crippen LogP contribution in [0.25, 0.3) is 0 Å². The first-order valence-electron chi connectivity index (χ1n) is 8.50. The maximum Gasteiger partial charge on any atom is 0.317 e. The van der Waals surface area contributed by atoms with Crippen LogP contribution in [0.2, 0.25) is 0 Å². The Morgan fingerprint density at radius 3 is 2.88 bits per heavy atom. The summed E-state index contributed by atoms with van der Waals surface area (Å²) in [5, 5.41) is 3.05. The molecule has 24 heavy (non-hydrogen) atoms. The van der Waals surface area contributed by atoms with E-state index in [1.807, 2.05) is 31.1 Å². The third kappa shape index (κ3) is 6.34. The normalized spacial score (nSPS) is 17.2. The molecule has 0 spiro atoms. The number of amides is 2. The summed E-state index contributed by atoms with van der Waals surface area (Å²) in [4.78, 5) is 17.8. The summed E-state index contributed by atoms with van der Waals surface area (Å²) in [7, 11) is 4.05. The molecule has 1 fully saturated rings. The average Bonchev–Trinajstić information content (AvgIpc) is 3.09. The lowest BCUT2D eigenvalue weighted by Crippen LogP contribution is -2.46. The highest BCUT2D eigenvalue weighted by Crippen LogP contribution is 2.16. The standard InChI is InChI=1S/C18H29N3O2S/c1-20(2)9-10-21(14-16-7-5-11-23-16)18(22)19-13-15-6-4-8-17(12-15)24-3/h4,6,8,12,16H,5,7,9-11,13-14H2,1-3H3,(H,19,22)/t16-/m1/s1. The third-order valence-corrected chi connectivity index (χ3v) is 4.86. The molecule has 1 atom stereocenters. The smallest absolute Gasteiger partial charge is 0.317 e. The zero-order valence-electron chi connectivity index (χ0n) is 15.0. The van der Waals surface area contributed by atoms with Crippen molar-refractivity contribution in [2.45, 2.75) is 30.4 Å². The van der Waals surface area contributed by atoms with E-state index >= 15 is 0 Å². The average molecular weight is 352 g/mol. The van der Waals surface area contributed by atoms with Gasteiger partial charge in [-0.3, -0.25) is 0 Å². The number of thioether (sulfide) groups is 1. The Hall–Kier alpha value is -1.24. The van der Waals surface area contributed by atoms with Gasteiger partial charge in [0.2, 0.25) is 0 Å². The zero-order valence-corrected chi connectivity index (χ0v) is 15.8. The number of benzene rings is 1. The number of nitrogens with one attached hydrogen (secondary N) is 1. The minimum Gasteiger partial charge on any atom is -0.376 e. The van der Waals surface area contributed by atoms with E-state index in [0.29, 0.717) is 19.6 Å². The summed E-state index contributed by atoms with van der Waals surface area (Å²) in [6, 6.07) is 8.27. The van der Waals surface area contributed by atoms with E-state index in [9.17, 15) is 4.79 Å². The molecule has 2 rings (SSSR count). The van der Waals surface area contributed by atoms with Crippen molar-refractivity contribution >= 4 is 17.8 Å². The van der Waals surface area contributed by atoms with Gasteiger partial charge >= 0.3 is 6.03 Å². The molecule has 0 aliphatic carbocycles. The molecule has 6 heteroatoms. The van der Waals surface area contributed by atoms with E-state index in [0.717, 1.165) is 31.6 Å². The lowest BCUT2D eigenvalue weighted by Gasteiger charge is -2.27. The van der Waals surface area contributed by atoms with E-state index in [1.54, 1.807) is 11.8 Å². The molecule has 0 bridgehead atoms. The van der Waals surface area contributed by atoms with Crippen LogP contribution in [0.15, 0.2) is 29.2 Å². The molecule has 2 amide bonds. The molecule has 5 nitrogen and oxygen atoms in total. The number of hydrogen-bond donors (Lipinski definition) is 1.